The van der Waals surface area contributed by atoms with Gasteiger partial charge in [-0.05, 0) is 36.4 Å². The van der Waals surface area contributed by atoms with Gasteiger partial charge in [0.15, 0.2) is 0 Å². The predicted octanol–water partition coefficient (Wildman–Crippen LogP) is 3.84. The first-order valence-corrected chi connectivity index (χ1v) is 8.40. The summed E-state index contributed by atoms with van der Waals surface area (Å²) in [5.41, 5.74) is 1.08. The summed E-state index contributed by atoms with van der Waals surface area (Å²) in [5, 5.41) is 3.82. The standard InChI is InChI=1S/C17H13BrClN3O2/c18-11-4-5-15-14(8-11)17(24)22(10-20-15)7-6-16(23)21-13-3-1-2-12(19)9-13/h1-5,8-10H,6-7H2,(H,21,23). The molecule has 0 unspecified atom stereocenters. The molecule has 1 N–H and O–H groups in total. The lowest BCUT2D eigenvalue weighted by atomic mass is 10.2. The van der Waals surface area contributed by atoms with Crippen LogP contribution in [0.5, 0.6) is 0 Å². The lowest BCUT2D eigenvalue weighted by Crippen LogP contribution is -2.23. The van der Waals surface area contributed by atoms with Crippen LogP contribution in [0.3, 0.4) is 0 Å². The Morgan fingerprint density at radius 3 is 2.88 bits per heavy atom. The molecule has 2 aromatic carbocycles. The maximum atomic E-state index is 12.4. The number of anilines is 1. The van der Waals surface area contributed by atoms with Crippen molar-refractivity contribution in [1.82, 2.24) is 9.55 Å². The molecule has 7 heteroatoms. The van der Waals surface area contributed by atoms with E-state index >= 15 is 0 Å². The fourth-order valence-electron chi connectivity index (χ4n) is 2.30. The van der Waals surface area contributed by atoms with Crippen LogP contribution in [-0.2, 0) is 11.3 Å². The van der Waals surface area contributed by atoms with Crippen molar-refractivity contribution >= 4 is 50.0 Å². The van der Waals surface area contributed by atoms with Gasteiger partial charge in [0.25, 0.3) is 5.56 Å². The minimum Gasteiger partial charge on any atom is -0.326 e. The number of halogens is 2. The van der Waals surface area contributed by atoms with Gasteiger partial charge >= 0.3 is 0 Å². The number of amides is 1. The second kappa shape index (κ2) is 7.15. The van der Waals surface area contributed by atoms with Gasteiger partial charge in [-0.3, -0.25) is 14.2 Å². The monoisotopic (exact) mass is 405 g/mol. The zero-order valence-electron chi connectivity index (χ0n) is 12.5. The fraction of sp³-hybridized carbons (Fsp3) is 0.118. The van der Waals surface area contributed by atoms with Crippen molar-refractivity contribution in [3.63, 3.8) is 0 Å². The number of aryl methyl sites for hydroxylation is 1. The van der Waals surface area contributed by atoms with Crippen LogP contribution in [0, 0.1) is 0 Å². The average molecular weight is 407 g/mol. The van der Waals surface area contributed by atoms with E-state index in [9.17, 15) is 9.59 Å². The molecule has 0 aliphatic rings. The molecule has 0 saturated carbocycles. The van der Waals surface area contributed by atoms with Crippen molar-refractivity contribution < 1.29 is 4.79 Å². The number of hydrogen-bond donors (Lipinski definition) is 1. The van der Waals surface area contributed by atoms with Crippen molar-refractivity contribution in [3.05, 3.63) is 68.6 Å². The predicted molar refractivity (Wildman–Crippen MR) is 98.4 cm³/mol. The summed E-state index contributed by atoms with van der Waals surface area (Å²) in [5.74, 6) is -0.196. The molecule has 3 rings (SSSR count). The highest BCUT2D eigenvalue weighted by atomic mass is 79.9. The Hall–Kier alpha value is -2.18. The molecule has 122 valence electrons. The lowest BCUT2D eigenvalue weighted by Gasteiger charge is -2.08. The summed E-state index contributed by atoms with van der Waals surface area (Å²) < 4.78 is 2.25. The van der Waals surface area contributed by atoms with E-state index < -0.39 is 0 Å². The van der Waals surface area contributed by atoms with Gasteiger partial charge in [-0.1, -0.05) is 33.6 Å². The molecule has 0 aliphatic heterocycles. The number of aromatic nitrogens is 2. The second-order valence-electron chi connectivity index (χ2n) is 5.21. The molecule has 1 heterocycles. The minimum atomic E-state index is -0.196. The molecule has 0 bridgehead atoms. The number of nitrogens with one attached hydrogen (secondary N) is 1. The van der Waals surface area contributed by atoms with E-state index in [-0.39, 0.29) is 24.4 Å². The first-order valence-electron chi connectivity index (χ1n) is 7.23. The molecular weight excluding hydrogens is 394 g/mol. The third-order valence-corrected chi connectivity index (χ3v) is 4.20. The summed E-state index contributed by atoms with van der Waals surface area (Å²) in [7, 11) is 0. The van der Waals surface area contributed by atoms with Crippen molar-refractivity contribution in [2.75, 3.05) is 5.32 Å². The first kappa shape index (κ1) is 16.7. The molecule has 0 spiro atoms. The zero-order chi connectivity index (χ0) is 17.1. The van der Waals surface area contributed by atoms with Crippen LogP contribution >= 0.6 is 27.5 Å². The number of carbonyl (C=O) groups is 1. The third-order valence-electron chi connectivity index (χ3n) is 3.47. The molecule has 0 aliphatic carbocycles. The van der Waals surface area contributed by atoms with E-state index in [1.807, 2.05) is 6.07 Å². The van der Waals surface area contributed by atoms with Gasteiger partial charge in [0, 0.05) is 28.1 Å². The Labute approximate surface area is 151 Å². The number of rotatable bonds is 4. The van der Waals surface area contributed by atoms with Gasteiger partial charge in [0.05, 0.1) is 17.2 Å². The molecule has 0 atom stereocenters. The highest BCUT2D eigenvalue weighted by Gasteiger charge is 2.08. The highest BCUT2D eigenvalue weighted by molar-refractivity contribution is 9.10. The molecule has 1 amide bonds. The Morgan fingerprint density at radius 2 is 2.08 bits per heavy atom. The molecular formula is C17H13BrClN3O2. The van der Waals surface area contributed by atoms with Crippen LogP contribution in [0.2, 0.25) is 5.02 Å². The maximum absolute atomic E-state index is 12.4. The highest BCUT2D eigenvalue weighted by Crippen LogP contribution is 2.16. The van der Waals surface area contributed by atoms with Gasteiger partial charge < -0.3 is 5.32 Å². The van der Waals surface area contributed by atoms with Crippen LogP contribution in [0.4, 0.5) is 5.69 Å². The van der Waals surface area contributed by atoms with Crippen molar-refractivity contribution in [3.8, 4) is 0 Å². The molecule has 0 fully saturated rings. The van der Waals surface area contributed by atoms with Crippen molar-refractivity contribution in [2.45, 2.75) is 13.0 Å². The Balaban J connectivity index is 1.72. The Morgan fingerprint density at radius 1 is 1.25 bits per heavy atom. The summed E-state index contributed by atoms with van der Waals surface area (Å²) >= 11 is 9.23. The van der Waals surface area contributed by atoms with E-state index in [1.54, 1.807) is 36.4 Å². The third kappa shape index (κ3) is 3.83. The lowest BCUT2D eigenvalue weighted by molar-refractivity contribution is -0.116. The normalized spacial score (nSPS) is 10.8. The topological polar surface area (TPSA) is 64.0 Å². The maximum Gasteiger partial charge on any atom is 0.261 e. The van der Waals surface area contributed by atoms with Crippen LogP contribution in [0.25, 0.3) is 10.9 Å². The van der Waals surface area contributed by atoms with Gasteiger partial charge in [0.1, 0.15) is 0 Å². The zero-order valence-corrected chi connectivity index (χ0v) is 14.8. The molecule has 5 nitrogen and oxygen atoms in total. The fourth-order valence-corrected chi connectivity index (χ4v) is 2.85. The minimum absolute atomic E-state index is 0.160. The van der Waals surface area contributed by atoms with Crippen molar-refractivity contribution in [2.24, 2.45) is 0 Å². The molecule has 0 saturated heterocycles. The number of carbonyl (C=O) groups excluding carboxylic acids is 1. The summed E-state index contributed by atoms with van der Waals surface area (Å²) in [6, 6.07) is 12.2. The first-order chi connectivity index (χ1) is 11.5. The van der Waals surface area contributed by atoms with Gasteiger partial charge in [0.2, 0.25) is 5.91 Å². The summed E-state index contributed by atoms with van der Waals surface area (Å²) in [4.78, 5) is 28.7. The molecule has 1 aromatic heterocycles. The number of hydrogen-bond acceptors (Lipinski definition) is 3. The van der Waals surface area contributed by atoms with E-state index in [1.165, 1.54) is 10.9 Å². The largest absolute Gasteiger partial charge is 0.326 e. The van der Waals surface area contributed by atoms with Crippen LogP contribution in [-0.4, -0.2) is 15.5 Å². The number of nitrogens with zero attached hydrogens (tertiary/aromatic N) is 2. The smallest absolute Gasteiger partial charge is 0.261 e. The average Bonchev–Trinajstić information content (AvgIpc) is 2.55. The Kier molecular flexibility index (Phi) is 4.97. The Bertz CT molecular complexity index is 971. The van der Waals surface area contributed by atoms with Crippen LogP contribution in [0.15, 0.2) is 58.1 Å². The summed E-state index contributed by atoms with van der Waals surface area (Å²) in [6.07, 6.45) is 1.62. The molecule has 3 aromatic rings. The van der Waals surface area contributed by atoms with Gasteiger partial charge in [-0.15, -0.1) is 0 Å². The van der Waals surface area contributed by atoms with Crippen LogP contribution < -0.4 is 10.9 Å². The number of fused-ring (bicyclic) bond motifs is 1. The van der Waals surface area contributed by atoms with E-state index in [4.69, 9.17) is 11.6 Å². The quantitative estimate of drug-likeness (QED) is 0.716. The van der Waals surface area contributed by atoms with E-state index in [0.29, 0.717) is 21.6 Å². The van der Waals surface area contributed by atoms with Gasteiger partial charge in [-0.2, -0.15) is 0 Å². The van der Waals surface area contributed by atoms with Crippen molar-refractivity contribution in [1.29, 1.82) is 0 Å². The SMILES string of the molecule is O=C(CCn1cnc2ccc(Br)cc2c1=O)Nc1cccc(Cl)c1. The summed E-state index contributed by atoms with van der Waals surface area (Å²) in [6.45, 7) is 0.251. The number of benzene rings is 2. The van der Waals surface area contributed by atoms with E-state index in [2.05, 4.69) is 26.2 Å². The van der Waals surface area contributed by atoms with Crippen LogP contribution in [0.1, 0.15) is 6.42 Å². The molecule has 24 heavy (non-hydrogen) atoms. The van der Waals surface area contributed by atoms with E-state index in [0.717, 1.165) is 4.47 Å². The second-order valence-corrected chi connectivity index (χ2v) is 6.57. The molecule has 0 radical (unpaired) electrons. The van der Waals surface area contributed by atoms with Gasteiger partial charge in [-0.25, -0.2) is 4.98 Å².